The molecular formula is C19H20N2O2. The van der Waals surface area contributed by atoms with Crippen LogP contribution in [0.25, 0.3) is 0 Å². The fraction of sp³-hybridized carbons (Fsp3) is 0.263. The van der Waals surface area contributed by atoms with Crippen molar-refractivity contribution < 1.29 is 9.59 Å². The zero-order valence-corrected chi connectivity index (χ0v) is 13.0. The minimum absolute atomic E-state index is 0.0467. The van der Waals surface area contributed by atoms with Gasteiger partial charge in [0.25, 0.3) is 0 Å². The Morgan fingerprint density at radius 3 is 2.13 bits per heavy atom. The average molecular weight is 308 g/mol. The van der Waals surface area contributed by atoms with E-state index in [4.69, 9.17) is 0 Å². The molecule has 1 saturated carbocycles. The minimum Gasteiger partial charge on any atom is -0.349 e. The van der Waals surface area contributed by atoms with Crippen molar-refractivity contribution in [1.29, 1.82) is 0 Å². The molecule has 3 unspecified atom stereocenters. The van der Waals surface area contributed by atoms with Gasteiger partial charge in [-0.1, -0.05) is 48.5 Å². The molecule has 2 aromatic carbocycles. The van der Waals surface area contributed by atoms with Gasteiger partial charge in [0.1, 0.15) is 0 Å². The lowest BCUT2D eigenvalue weighted by Crippen LogP contribution is -2.29. The number of anilines is 1. The maximum absolute atomic E-state index is 12.3. The number of benzene rings is 2. The van der Waals surface area contributed by atoms with Crippen LogP contribution < -0.4 is 10.6 Å². The fourth-order valence-corrected chi connectivity index (χ4v) is 2.68. The topological polar surface area (TPSA) is 58.2 Å². The quantitative estimate of drug-likeness (QED) is 0.891. The first-order valence-electron chi connectivity index (χ1n) is 7.86. The Hall–Kier alpha value is -2.62. The summed E-state index contributed by atoms with van der Waals surface area (Å²) in [5.74, 6) is -0.568. The SMILES string of the molecule is CC(NC(=O)C1CC1C(=O)Nc1ccccc1)c1ccccc1. The Balaban J connectivity index is 1.52. The Bertz CT molecular complexity index is 685. The monoisotopic (exact) mass is 308 g/mol. The van der Waals surface area contributed by atoms with Gasteiger partial charge in [0.2, 0.25) is 11.8 Å². The molecule has 0 radical (unpaired) electrons. The summed E-state index contributed by atoms with van der Waals surface area (Å²) < 4.78 is 0. The molecule has 23 heavy (non-hydrogen) atoms. The van der Waals surface area contributed by atoms with Gasteiger partial charge in [0, 0.05) is 5.69 Å². The lowest BCUT2D eigenvalue weighted by molar-refractivity contribution is -0.125. The summed E-state index contributed by atoms with van der Waals surface area (Å²) in [6.07, 6.45) is 0.617. The summed E-state index contributed by atoms with van der Waals surface area (Å²) in [6, 6.07) is 19.1. The second-order valence-electron chi connectivity index (χ2n) is 5.94. The number of para-hydroxylation sites is 1. The summed E-state index contributed by atoms with van der Waals surface area (Å²) in [5, 5.41) is 5.84. The molecule has 0 saturated heterocycles. The average Bonchev–Trinajstić information content (AvgIpc) is 3.37. The highest BCUT2D eigenvalue weighted by molar-refractivity contribution is 5.99. The summed E-state index contributed by atoms with van der Waals surface area (Å²) in [4.78, 5) is 24.4. The second-order valence-corrected chi connectivity index (χ2v) is 5.94. The molecule has 0 spiro atoms. The Kier molecular flexibility index (Phi) is 4.42. The standard InChI is InChI=1S/C19H20N2O2/c1-13(14-8-4-2-5-9-14)20-18(22)16-12-17(16)19(23)21-15-10-6-3-7-11-15/h2-11,13,16-17H,12H2,1H3,(H,20,22)(H,21,23). The molecule has 0 aromatic heterocycles. The number of hydrogen-bond acceptors (Lipinski definition) is 2. The number of hydrogen-bond donors (Lipinski definition) is 2. The Labute approximate surface area is 135 Å². The van der Waals surface area contributed by atoms with E-state index >= 15 is 0 Å². The van der Waals surface area contributed by atoms with Gasteiger partial charge in [-0.25, -0.2) is 0 Å². The molecule has 4 nitrogen and oxygen atoms in total. The molecule has 2 N–H and O–H groups in total. The van der Waals surface area contributed by atoms with E-state index in [1.165, 1.54) is 0 Å². The van der Waals surface area contributed by atoms with Gasteiger partial charge in [0.05, 0.1) is 17.9 Å². The summed E-state index contributed by atoms with van der Waals surface area (Å²) >= 11 is 0. The summed E-state index contributed by atoms with van der Waals surface area (Å²) in [5.41, 5.74) is 1.83. The molecule has 0 aliphatic heterocycles. The van der Waals surface area contributed by atoms with Gasteiger partial charge in [0.15, 0.2) is 0 Å². The fourth-order valence-electron chi connectivity index (χ4n) is 2.68. The van der Waals surface area contributed by atoms with E-state index in [1.54, 1.807) is 0 Å². The predicted octanol–water partition coefficient (Wildman–Crippen LogP) is 3.14. The van der Waals surface area contributed by atoms with Crippen LogP contribution in [-0.4, -0.2) is 11.8 Å². The van der Waals surface area contributed by atoms with Crippen molar-refractivity contribution in [2.45, 2.75) is 19.4 Å². The van der Waals surface area contributed by atoms with Gasteiger partial charge in [-0.15, -0.1) is 0 Å². The minimum atomic E-state index is -0.224. The van der Waals surface area contributed by atoms with E-state index < -0.39 is 0 Å². The molecule has 118 valence electrons. The van der Waals surface area contributed by atoms with Crippen molar-refractivity contribution in [3.05, 3.63) is 66.2 Å². The lowest BCUT2D eigenvalue weighted by Gasteiger charge is -2.14. The maximum Gasteiger partial charge on any atom is 0.228 e. The van der Waals surface area contributed by atoms with Crippen molar-refractivity contribution in [2.24, 2.45) is 11.8 Å². The van der Waals surface area contributed by atoms with Crippen LogP contribution in [0.1, 0.15) is 24.9 Å². The molecular weight excluding hydrogens is 288 g/mol. The molecule has 0 heterocycles. The van der Waals surface area contributed by atoms with Crippen LogP contribution in [-0.2, 0) is 9.59 Å². The summed E-state index contributed by atoms with van der Waals surface area (Å²) in [7, 11) is 0. The molecule has 3 atom stereocenters. The van der Waals surface area contributed by atoms with Crippen molar-refractivity contribution in [1.82, 2.24) is 5.32 Å². The normalized spacial score (nSPS) is 20.4. The van der Waals surface area contributed by atoms with E-state index in [2.05, 4.69) is 10.6 Å². The second kappa shape index (κ2) is 6.65. The van der Waals surface area contributed by atoms with E-state index in [-0.39, 0.29) is 29.7 Å². The lowest BCUT2D eigenvalue weighted by atomic mass is 10.1. The van der Waals surface area contributed by atoms with Gasteiger partial charge in [-0.05, 0) is 31.0 Å². The molecule has 1 aliphatic carbocycles. The third kappa shape index (κ3) is 3.77. The van der Waals surface area contributed by atoms with Crippen molar-refractivity contribution in [3.63, 3.8) is 0 Å². The van der Waals surface area contributed by atoms with E-state index in [9.17, 15) is 9.59 Å². The molecule has 0 bridgehead atoms. The maximum atomic E-state index is 12.3. The van der Waals surface area contributed by atoms with Crippen LogP contribution in [0.3, 0.4) is 0 Å². The third-order valence-corrected chi connectivity index (χ3v) is 4.16. The zero-order chi connectivity index (χ0) is 16.2. The first-order chi connectivity index (χ1) is 11.1. The van der Waals surface area contributed by atoms with E-state index in [0.29, 0.717) is 6.42 Å². The predicted molar refractivity (Wildman–Crippen MR) is 89.7 cm³/mol. The molecule has 3 rings (SSSR count). The zero-order valence-electron chi connectivity index (χ0n) is 13.0. The number of amides is 2. The van der Waals surface area contributed by atoms with Crippen LogP contribution in [0.2, 0.25) is 0 Å². The molecule has 1 aliphatic rings. The van der Waals surface area contributed by atoms with Crippen LogP contribution >= 0.6 is 0 Å². The summed E-state index contributed by atoms with van der Waals surface area (Å²) in [6.45, 7) is 1.95. The van der Waals surface area contributed by atoms with Gasteiger partial charge < -0.3 is 10.6 Å². The van der Waals surface area contributed by atoms with E-state index in [1.807, 2.05) is 67.6 Å². The number of carbonyl (C=O) groups is 2. The number of carbonyl (C=O) groups excluding carboxylic acids is 2. The molecule has 2 amide bonds. The van der Waals surface area contributed by atoms with E-state index in [0.717, 1.165) is 11.3 Å². The van der Waals surface area contributed by atoms with Crippen molar-refractivity contribution in [3.8, 4) is 0 Å². The van der Waals surface area contributed by atoms with Gasteiger partial charge in [-0.2, -0.15) is 0 Å². The first-order valence-corrected chi connectivity index (χ1v) is 7.86. The number of rotatable bonds is 5. The largest absolute Gasteiger partial charge is 0.349 e. The van der Waals surface area contributed by atoms with Crippen LogP contribution in [0.4, 0.5) is 5.69 Å². The highest BCUT2D eigenvalue weighted by Crippen LogP contribution is 2.40. The van der Waals surface area contributed by atoms with Crippen molar-refractivity contribution >= 4 is 17.5 Å². The molecule has 4 heteroatoms. The van der Waals surface area contributed by atoms with Gasteiger partial charge in [-0.3, -0.25) is 9.59 Å². The molecule has 2 aromatic rings. The highest BCUT2D eigenvalue weighted by atomic mass is 16.2. The van der Waals surface area contributed by atoms with Gasteiger partial charge >= 0.3 is 0 Å². The van der Waals surface area contributed by atoms with Crippen LogP contribution in [0.15, 0.2) is 60.7 Å². The van der Waals surface area contributed by atoms with Crippen molar-refractivity contribution in [2.75, 3.05) is 5.32 Å². The molecule has 1 fully saturated rings. The number of nitrogens with one attached hydrogen (secondary N) is 2. The van der Waals surface area contributed by atoms with Crippen LogP contribution in [0, 0.1) is 11.8 Å². The highest BCUT2D eigenvalue weighted by Gasteiger charge is 2.48. The Morgan fingerprint density at radius 1 is 0.913 bits per heavy atom. The first kappa shape index (κ1) is 15.3. The third-order valence-electron chi connectivity index (χ3n) is 4.16. The smallest absolute Gasteiger partial charge is 0.228 e. The Morgan fingerprint density at radius 2 is 1.48 bits per heavy atom. The van der Waals surface area contributed by atoms with Crippen LogP contribution in [0.5, 0.6) is 0 Å².